The second-order valence-corrected chi connectivity index (χ2v) is 4.79. The van der Waals surface area contributed by atoms with Crippen LogP contribution in [0.25, 0.3) is 11.0 Å². The largest absolute Gasteiger partial charge is 0.355 e. The zero-order valence-electron chi connectivity index (χ0n) is 11.6. The van der Waals surface area contributed by atoms with Crippen molar-refractivity contribution in [1.29, 1.82) is 0 Å². The monoisotopic (exact) mass is 259 g/mol. The standard InChI is InChI=1S/C15H21N3O/c1-3-4-7-10-16-15(19)11-18-12(2)17-13-8-5-6-9-14(13)18/h5-6,8-9H,3-4,7,10-11H2,1-2H3,(H,16,19). The van der Waals surface area contributed by atoms with Crippen LogP contribution in [0.3, 0.4) is 0 Å². The van der Waals surface area contributed by atoms with Crippen molar-refractivity contribution < 1.29 is 4.79 Å². The summed E-state index contributed by atoms with van der Waals surface area (Å²) in [5.41, 5.74) is 1.96. The van der Waals surface area contributed by atoms with Crippen LogP contribution in [0.5, 0.6) is 0 Å². The van der Waals surface area contributed by atoms with Crippen LogP contribution in [-0.2, 0) is 11.3 Å². The van der Waals surface area contributed by atoms with Gasteiger partial charge < -0.3 is 9.88 Å². The molecule has 0 aliphatic carbocycles. The summed E-state index contributed by atoms with van der Waals surface area (Å²) in [7, 11) is 0. The number of aromatic nitrogens is 2. The van der Waals surface area contributed by atoms with Crippen molar-refractivity contribution in [3.8, 4) is 0 Å². The fourth-order valence-electron chi connectivity index (χ4n) is 2.20. The highest BCUT2D eigenvalue weighted by Gasteiger charge is 2.09. The smallest absolute Gasteiger partial charge is 0.240 e. The Kier molecular flexibility index (Phi) is 4.55. The molecule has 0 unspecified atom stereocenters. The van der Waals surface area contributed by atoms with E-state index in [1.807, 2.05) is 35.8 Å². The maximum Gasteiger partial charge on any atom is 0.240 e. The zero-order chi connectivity index (χ0) is 13.7. The Morgan fingerprint density at radius 2 is 2.11 bits per heavy atom. The minimum Gasteiger partial charge on any atom is -0.355 e. The van der Waals surface area contributed by atoms with E-state index in [1.165, 1.54) is 6.42 Å². The highest BCUT2D eigenvalue weighted by Crippen LogP contribution is 2.14. The van der Waals surface area contributed by atoms with Gasteiger partial charge in [-0.25, -0.2) is 4.98 Å². The molecule has 4 heteroatoms. The Labute approximate surface area is 113 Å². The predicted octanol–water partition coefficient (Wildman–Crippen LogP) is 2.65. The second kappa shape index (κ2) is 6.36. The summed E-state index contributed by atoms with van der Waals surface area (Å²) in [6, 6.07) is 7.90. The third-order valence-electron chi connectivity index (χ3n) is 3.25. The number of fused-ring (bicyclic) bond motifs is 1. The van der Waals surface area contributed by atoms with Gasteiger partial charge in [0.1, 0.15) is 12.4 Å². The van der Waals surface area contributed by atoms with Gasteiger partial charge in [-0.1, -0.05) is 31.9 Å². The summed E-state index contributed by atoms with van der Waals surface area (Å²) in [4.78, 5) is 16.4. The van der Waals surface area contributed by atoms with Gasteiger partial charge >= 0.3 is 0 Å². The maximum atomic E-state index is 11.9. The molecule has 0 saturated heterocycles. The quantitative estimate of drug-likeness (QED) is 0.811. The molecule has 0 radical (unpaired) electrons. The molecule has 0 atom stereocenters. The van der Waals surface area contributed by atoms with E-state index >= 15 is 0 Å². The van der Waals surface area contributed by atoms with Crippen LogP contribution in [0.2, 0.25) is 0 Å². The fourth-order valence-corrected chi connectivity index (χ4v) is 2.20. The molecule has 1 aromatic heterocycles. The van der Waals surface area contributed by atoms with Crippen LogP contribution < -0.4 is 5.32 Å². The molecule has 0 spiro atoms. The third kappa shape index (κ3) is 3.34. The second-order valence-electron chi connectivity index (χ2n) is 4.79. The Morgan fingerprint density at radius 1 is 1.32 bits per heavy atom. The van der Waals surface area contributed by atoms with E-state index < -0.39 is 0 Å². The first-order chi connectivity index (χ1) is 9.22. The number of para-hydroxylation sites is 2. The molecule has 0 bridgehead atoms. The number of hydrogen-bond acceptors (Lipinski definition) is 2. The number of rotatable bonds is 6. The van der Waals surface area contributed by atoms with Gasteiger partial charge in [-0.2, -0.15) is 0 Å². The van der Waals surface area contributed by atoms with Crippen LogP contribution in [0.1, 0.15) is 32.0 Å². The fraction of sp³-hybridized carbons (Fsp3) is 0.467. The lowest BCUT2D eigenvalue weighted by Crippen LogP contribution is -2.28. The molecule has 19 heavy (non-hydrogen) atoms. The van der Waals surface area contributed by atoms with Gasteiger partial charge in [0.15, 0.2) is 0 Å². The molecule has 0 fully saturated rings. The van der Waals surface area contributed by atoms with Crippen molar-refractivity contribution in [3.05, 3.63) is 30.1 Å². The molecular formula is C15H21N3O. The summed E-state index contributed by atoms with van der Waals surface area (Å²) < 4.78 is 1.96. The molecule has 1 N–H and O–H groups in total. The van der Waals surface area contributed by atoms with Gasteiger partial charge in [0.05, 0.1) is 11.0 Å². The van der Waals surface area contributed by atoms with E-state index in [0.717, 1.165) is 36.2 Å². The Morgan fingerprint density at radius 3 is 2.89 bits per heavy atom. The summed E-state index contributed by atoms with van der Waals surface area (Å²) in [6.45, 7) is 5.20. The van der Waals surface area contributed by atoms with Crippen molar-refractivity contribution in [1.82, 2.24) is 14.9 Å². The third-order valence-corrected chi connectivity index (χ3v) is 3.25. The topological polar surface area (TPSA) is 46.9 Å². The highest BCUT2D eigenvalue weighted by molar-refractivity contribution is 5.81. The minimum absolute atomic E-state index is 0.0577. The summed E-state index contributed by atoms with van der Waals surface area (Å²) in [6.07, 6.45) is 3.38. The molecule has 102 valence electrons. The van der Waals surface area contributed by atoms with Gasteiger partial charge in [0.2, 0.25) is 5.91 Å². The number of nitrogens with one attached hydrogen (secondary N) is 1. The van der Waals surface area contributed by atoms with E-state index in [-0.39, 0.29) is 5.91 Å². The molecule has 1 heterocycles. The molecule has 2 aromatic rings. The van der Waals surface area contributed by atoms with Crippen LogP contribution in [-0.4, -0.2) is 22.0 Å². The van der Waals surface area contributed by atoms with Crippen LogP contribution in [0, 0.1) is 6.92 Å². The number of hydrogen-bond donors (Lipinski definition) is 1. The first-order valence-corrected chi connectivity index (χ1v) is 6.91. The van der Waals surface area contributed by atoms with E-state index in [4.69, 9.17) is 0 Å². The molecular weight excluding hydrogens is 238 g/mol. The van der Waals surface area contributed by atoms with Crippen LogP contribution in [0.4, 0.5) is 0 Å². The van der Waals surface area contributed by atoms with Crippen molar-refractivity contribution >= 4 is 16.9 Å². The van der Waals surface area contributed by atoms with Gasteiger partial charge in [-0.05, 0) is 25.5 Å². The zero-order valence-corrected chi connectivity index (χ0v) is 11.6. The number of aryl methyl sites for hydroxylation is 1. The first kappa shape index (κ1) is 13.6. The van der Waals surface area contributed by atoms with E-state index in [1.54, 1.807) is 0 Å². The SMILES string of the molecule is CCCCCNC(=O)Cn1c(C)nc2ccccc21. The number of carbonyl (C=O) groups is 1. The molecule has 0 aliphatic heterocycles. The average Bonchev–Trinajstić information content (AvgIpc) is 2.72. The highest BCUT2D eigenvalue weighted by atomic mass is 16.1. The average molecular weight is 259 g/mol. The summed E-state index contributed by atoms with van der Waals surface area (Å²) in [5.74, 6) is 0.937. The maximum absolute atomic E-state index is 11.9. The molecule has 2 rings (SSSR count). The van der Waals surface area contributed by atoms with E-state index in [0.29, 0.717) is 6.54 Å². The Hall–Kier alpha value is -1.84. The van der Waals surface area contributed by atoms with Crippen LogP contribution in [0.15, 0.2) is 24.3 Å². The molecule has 0 saturated carbocycles. The van der Waals surface area contributed by atoms with Gasteiger partial charge in [0.25, 0.3) is 0 Å². The molecule has 1 aromatic carbocycles. The number of benzene rings is 1. The van der Waals surface area contributed by atoms with Gasteiger partial charge in [0, 0.05) is 6.54 Å². The minimum atomic E-state index is 0.0577. The number of unbranched alkanes of at least 4 members (excludes halogenated alkanes) is 2. The lowest BCUT2D eigenvalue weighted by atomic mass is 10.2. The predicted molar refractivity (Wildman–Crippen MR) is 77.0 cm³/mol. The van der Waals surface area contributed by atoms with Gasteiger partial charge in [-0.15, -0.1) is 0 Å². The normalized spacial score (nSPS) is 10.8. The molecule has 4 nitrogen and oxygen atoms in total. The van der Waals surface area contributed by atoms with Gasteiger partial charge in [-0.3, -0.25) is 4.79 Å². The van der Waals surface area contributed by atoms with E-state index in [2.05, 4.69) is 17.2 Å². The van der Waals surface area contributed by atoms with Crippen molar-refractivity contribution in [2.24, 2.45) is 0 Å². The first-order valence-electron chi connectivity index (χ1n) is 6.91. The van der Waals surface area contributed by atoms with Crippen molar-refractivity contribution in [3.63, 3.8) is 0 Å². The summed E-state index contributed by atoms with van der Waals surface area (Å²) >= 11 is 0. The number of imidazole rings is 1. The Balaban J connectivity index is 2.00. The van der Waals surface area contributed by atoms with Crippen molar-refractivity contribution in [2.75, 3.05) is 6.54 Å². The molecule has 0 aliphatic rings. The van der Waals surface area contributed by atoms with E-state index in [9.17, 15) is 4.79 Å². The summed E-state index contributed by atoms with van der Waals surface area (Å²) in [5, 5.41) is 2.96. The number of nitrogens with zero attached hydrogens (tertiary/aromatic N) is 2. The van der Waals surface area contributed by atoms with Crippen LogP contribution >= 0.6 is 0 Å². The Bertz CT molecular complexity index is 560. The lowest BCUT2D eigenvalue weighted by molar-refractivity contribution is -0.121. The van der Waals surface area contributed by atoms with Crippen molar-refractivity contribution in [2.45, 2.75) is 39.7 Å². The molecule has 1 amide bonds. The number of amides is 1. The number of carbonyl (C=O) groups excluding carboxylic acids is 1. The lowest BCUT2D eigenvalue weighted by Gasteiger charge is -2.08.